The fourth-order valence-electron chi connectivity index (χ4n) is 3.19. The molecule has 6 heteroatoms. The normalized spacial score (nSPS) is 18.9. The van der Waals surface area contributed by atoms with Crippen LogP contribution in [0.1, 0.15) is 51.7 Å². The lowest BCUT2D eigenvalue weighted by atomic mass is 10.2. The van der Waals surface area contributed by atoms with Gasteiger partial charge in [-0.25, -0.2) is 4.79 Å². The quantitative estimate of drug-likeness (QED) is 0.918. The summed E-state index contributed by atoms with van der Waals surface area (Å²) in [5.41, 5.74) is 2.29. The molecule has 0 saturated carbocycles. The third-order valence-electron chi connectivity index (χ3n) is 4.18. The number of carboxylic acid groups (broad SMARTS) is 1. The van der Waals surface area contributed by atoms with E-state index in [2.05, 4.69) is 27.7 Å². The predicted octanol–water partition coefficient (Wildman–Crippen LogP) is 3.31. The van der Waals surface area contributed by atoms with Crippen LogP contribution >= 0.6 is 11.3 Å². The third-order valence-corrected chi connectivity index (χ3v) is 5.35. The number of aromatic nitrogens is 2. The molecule has 1 aliphatic heterocycles. The van der Waals surface area contributed by atoms with Gasteiger partial charge in [0.25, 0.3) is 0 Å². The Hall–Kier alpha value is -1.66. The molecule has 0 radical (unpaired) electrons. The molecule has 5 nitrogen and oxygen atoms in total. The van der Waals surface area contributed by atoms with Crippen molar-refractivity contribution in [3.05, 3.63) is 39.3 Å². The third kappa shape index (κ3) is 2.94. The van der Waals surface area contributed by atoms with Crippen molar-refractivity contribution in [2.45, 2.75) is 45.8 Å². The minimum atomic E-state index is -0.833. The molecule has 0 aromatic carbocycles. The summed E-state index contributed by atoms with van der Waals surface area (Å²) >= 11 is 1.40. The van der Waals surface area contributed by atoms with Crippen LogP contribution in [0.4, 0.5) is 0 Å². The van der Waals surface area contributed by atoms with Gasteiger partial charge in [-0.2, -0.15) is 5.10 Å². The van der Waals surface area contributed by atoms with E-state index in [1.807, 2.05) is 13.0 Å². The second-order valence-electron chi connectivity index (χ2n) is 5.73. The minimum absolute atomic E-state index is 0.332. The van der Waals surface area contributed by atoms with Crippen molar-refractivity contribution < 1.29 is 9.90 Å². The number of thiophene rings is 1. The number of carbonyl (C=O) groups is 1. The van der Waals surface area contributed by atoms with Crippen molar-refractivity contribution in [2.75, 3.05) is 6.54 Å². The molecule has 1 N–H and O–H groups in total. The van der Waals surface area contributed by atoms with E-state index in [1.54, 1.807) is 6.07 Å². The molecule has 2 aromatic heterocycles. The molecule has 22 heavy (non-hydrogen) atoms. The van der Waals surface area contributed by atoms with Gasteiger partial charge in [-0.1, -0.05) is 0 Å². The highest BCUT2D eigenvalue weighted by Crippen LogP contribution is 2.36. The van der Waals surface area contributed by atoms with E-state index in [-0.39, 0.29) is 0 Å². The van der Waals surface area contributed by atoms with Crippen molar-refractivity contribution in [2.24, 2.45) is 0 Å². The van der Waals surface area contributed by atoms with Gasteiger partial charge in [0.2, 0.25) is 0 Å². The Bertz CT molecular complexity index is 677. The Morgan fingerprint density at radius 2 is 2.32 bits per heavy atom. The molecule has 0 bridgehead atoms. The number of aryl methyl sites for hydroxylation is 2. The molecule has 1 saturated heterocycles. The summed E-state index contributed by atoms with van der Waals surface area (Å²) < 4.78 is 2.06. The zero-order chi connectivity index (χ0) is 15.7. The summed E-state index contributed by atoms with van der Waals surface area (Å²) in [5, 5.41) is 13.6. The number of carboxylic acids is 1. The number of aromatic carboxylic acids is 1. The summed E-state index contributed by atoms with van der Waals surface area (Å²) in [7, 11) is 0. The maximum absolute atomic E-state index is 11.1. The molecule has 1 atom stereocenters. The SMILES string of the molecule is CCn1nc(C)cc1CN1CCCC1c1ccc(C(=O)O)s1. The van der Waals surface area contributed by atoms with Gasteiger partial charge in [-0.3, -0.25) is 9.58 Å². The average Bonchev–Trinajstić information content (AvgIpc) is 3.18. The van der Waals surface area contributed by atoms with E-state index in [9.17, 15) is 4.79 Å². The van der Waals surface area contributed by atoms with E-state index >= 15 is 0 Å². The van der Waals surface area contributed by atoms with Crippen molar-refractivity contribution in [1.29, 1.82) is 0 Å². The van der Waals surface area contributed by atoms with Gasteiger partial charge in [0.05, 0.1) is 11.4 Å². The van der Waals surface area contributed by atoms with E-state index in [1.165, 1.54) is 17.0 Å². The van der Waals surface area contributed by atoms with Gasteiger partial charge in [-0.05, 0) is 51.4 Å². The zero-order valence-electron chi connectivity index (χ0n) is 13.0. The molecule has 0 aliphatic carbocycles. The Kier molecular flexibility index (Phi) is 4.31. The molecular formula is C16H21N3O2S. The largest absolute Gasteiger partial charge is 0.477 e. The summed E-state index contributed by atoms with van der Waals surface area (Å²) in [6.45, 7) is 6.94. The van der Waals surface area contributed by atoms with Crippen LogP contribution in [-0.4, -0.2) is 32.3 Å². The van der Waals surface area contributed by atoms with Crippen LogP contribution in [0.15, 0.2) is 18.2 Å². The highest BCUT2D eigenvalue weighted by atomic mass is 32.1. The first kappa shape index (κ1) is 15.2. The van der Waals surface area contributed by atoms with Crippen LogP contribution in [0, 0.1) is 6.92 Å². The molecule has 0 spiro atoms. The van der Waals surface area contributed by atoms with Gasteiger partial charge in [-0.15, -0.1) is 11.3 Å². The van der Waals surface area contributed by atoms with Gasteiger partial charge in [0.1, 0.15) is 4.88 Å². The smallest absolute Gasteiger partial charge is 0.345 e. The number of likely N-dealkylation sites (tertiary alicyclic amines) is 1. The highest BCUT2D eigenvalue weighted by Gasteiger charge is 2.28. The average molecular weight is 319 g/mol. The van der Waals surface area contributed by atoms with Crippen molar-refractivity contribution >= 4 is 17.3 Å². The first-order valence-electron chi connectivity index (χ1n) is 7.69. The molecule has 2 aromatic rings. The summed E-state index contributed by atoms with van der Waals surface area (Å²) in [5.74, 6) is -0.833. The molecular weight excluding hydrogens is 298 g/mol. The van der Waals surface area contributed by atoms with Gasteiger partial charge in [0, 0.05) is 24.0 Å². The lowest BCUT2D eigenvalue weighted by Gasteiger charge is -2.23. The van der Waals surface area contributed by atoms with Crippen molar-refractivity contribution in [1.82, 2.24) is 14.7 Å². The first-order chi connectivity index (χ1) is 10.6. The van der Waals surface area contributed by atoms with Crippen molar-refractivity contribution in [3.8, 4) is 0 Å². The van der Waals surface area contributed by atoms with Gasteiger partial charge >= 0.3 is 5.97 Å². The highest BCUT2D eigenvalue weighted by molar-refractivity contribution is 7.14. The zero-order valence-corrected chi connectivity index (χ0v) is 13.8. The number of rotatable bonds is 5. The molecule has 1 aliphatic rings. The summed E-state index contributed by atoms with van der Waals surface area (Å²) in [4.78, 5) is 15.1. The maximum Gasteiger partial charge on any atom is 0.345 e. The minimum Gasteiger partial charge on any atom is -0.477 e. The first-order valence-corrected chi connectivity index (χ1v) is 8.50. The fraction of sp³-hybridized carbons (Fsp3) is 0.500. The molecule has 1 unspecified atom stereocenters. The van der Waals surface area contributed by atoms with Gasteiger partial charge < -0.3 is 5.11 Å². The second-order valence-corrected chi connectivity index (χ2v) is 6.84. The Morgan fingerprint density at radius 3 is 3.00 bits per heavy atom. The standard InChI is InChI=1S/C16H21N3O2S/c1-3-19-12(9-11(2)17-19)10-18-8-4-5-13(18)14-6-7-15(22-14)16(20)21/h6-7,9,13H,3-5,8,10H2,1-2H3,(H,20,21). The summed E-state index contributed by atoms with van der Waals surface area (Å²) in [6.07, 6.45) is 2.25. The topological polar surface area (TPSA) is 58.4 Å². The van der Waals surface area contributed by atoms with Crippen LogP contribution in [0.5, 0.6) is 0 Å². The van der Waals surface area contributed by atoms with E-state index in [0.717, 1.165) is 43.0 Å². The molecule has 118 valence electrons. The molecule has 0 amide bonds. The van der Waals surface area contributed by atoms with Gasteiger partial charge in [0.15, 0.2) is 0 Å². The van der Waals surface area contributed by atoms with Crippen LogP contribution in [0.3, 0.4) is 0 Å². The van der Waals surface area contributed by atoms with Crippen LogP contribution in [0.25, 0.3) is 0 Å². The van der Waals surface area contributed by atoms with Crippen molar-refractivity contribution in [3.63, 3.8) is 0 Å². The van der Waals surface area contributed by atoms with E-state index in [4.69, 9.17) is 5.11 Å². The predicted molar refractivity (Wildman–Crippen MR) is 86.3 cm³/mol. The summed E-state index contributed by atoms with van der Waals surface area (Å²) in [6, 6.07) is 6.17. The van der Waals surface area contributed by atoms with E-state index < -0.39 is 5.97 Å². The Morgan fingerprint density at radius 1 is 1.50 bits per heavy atom. The van der Waals surface area contributed by atoms with E-state index in [0.29, 0.717) is 10.9 Å². The number of nitrogens with zero attached hydrogens (tertiary/aromatic N) is 3. The number of hydrogen-bond donors (Lipinski definition) is 1. The number of hydrogen-bond acceptors (Lipinski definition) is 4. The lowest BCUT2D eigenvalue weighted by Crippen LogP contribution is -2.23. The second kappa shape index (κ2) is 6.22. The monoisotopic (exact) mass is 319 g/mol. The lowest BCUT2D eigenvalue weighted by molar-refractivity contribution is 0.0702. The Balaban J connectivity index is 1.79. The molecule has 1 fully saturated rings. The maximum atomic E-state index is 11.1. The van der Waals surface area contributed by atoms with Crippen LogP contribution in [-0.2, 0) is 13.1 Å². The Labute approximate surface area is 134 Å². The van der Waals surface area contributed by atoms with Crippen LogP contribution < -0.4 is 0 Å². The molecule has 3 heterocycles. The fourth-order valence-corrected chi connectivity index (χ4v) is 4.21. The molecule has 3 rings (SSSR count). The van der Waals surface area contributed by atoms with Crippen LogP contribution in [0.2, 0.25) is 0 Å².